The predicted octanol–water partition coefficient (Wildman–Crippen LogP) is 2.76. The number of carbonyl (C=O) groups is 1. The van der Waals surface area contributed by atoms with Crippen molar-refractivity contribution in [2.75, 3.05) is 25.4 Å². The maximum Gasteiger partial charge on any atom is 0.251 e. The summed E-state index contributed by atoms with van der Waals surface area (Å²) in [4.78, 5) is 13.0. The second-order valence-corrected chi connectivity index (χ2v) is 11.7. The smallest absolute Gasteiger partial charge is 0.251 e. The molecule has 2 aromatic rings. The Morgan fingerprint density at radius 3 is 2.29 bits per heavy atom. The van der Waals surface area contributed by atoms with Crippen molar-refractivity contribution in [1.82, 2.24) is 9.62 Å². The zero-order valence-corrected chi connectivity index (χ0v) is 19.2. The topological polar surface area (TPSA) is 101 Å². The highest BCUT2D eigenvalue weighted by molar-refractivity contribution is 7.91. The third kappa shape index (κ3) is 5.72. The van der Waals surface area contributed by atoms with Gasteiger partial charge in [0.25, 0.3) is 5.91 Å². The zero-order valence-electron chi connectivity index (χ0n) is 17.6. The third-order valence-corrected chi connectivity index (χ3v) is 9.10. The molecule has 1 N–H and O–H groups in total. The first-order valence-electron chi connectivity index (χ1n) is 10.4. The van der Waals surface area contributed by atoms with E-state index in [1.807, 2.05) is 0 Å². The van der Waals surface area contributed by atoms with Crippen LogP contribution in [0.1, 0.15) is 41.6 Å². The van der Waals surface area contributed by atoms with Crippen molar-refractivity contribution >= 4 is 25.8 Å². The van der Waals surface area contributed by atoms with Gasteiger partial charge in [0.2, 0.25) is 10.0 Å². The first-order valence-corrected chi connectivity index (χ1v) is 13.5. The minimum Gasteiger partial charge on any atom is -0.352 e. The Morgan fingerprint density at radius 1 is 0.935 bits per heavy atom. The molecule has 0 atom stereocenters. The molecule has 31 heavy (non-hydrogen) atoms. The van der Waals surface area contributed by atoms with Crippen LogP contribution in [-0.4, -0.2) is 52.4 Å². The molecule has 0 saturated carbocycles. The number of hydrogen-bond acceptors (Lipinski definition) is 5. The summed E-state index contributed by atoms with van der Waals surface area (Å²) in [6.07, 6.45) is 2.95. The van der Waals surface area contributed by atoms with Crippen molar-refractivity contribution in [2.24, 2.45) is 0 Å². The molecule has 1 amide bonds. The summed E-state index contributed by atoms with van der Waals surface area (Å²) in [7, 11) is -7.04. The van der Waals surface area contributed by atoms with E-state index >= 15 is 0 Å². The Kier molecular flexibility index (Phi) is 7.51. The van der Waals surface area contributed by atoms with Crippen molar-refractivity contribution in [3.8, 4) is 0 Å². The SMILES string of the molecule is Cc1ccc(S(=O)(=O)N2CCCCC2)cc1C(=O)NCCCS(=O)(=O)c1ccccc1. The molecule has 0 unspecified atom stereocenters. The van der Waals surface area contributed by atoms with Crippen molar-refractivity contribution < 1.29 is 21.6 Å². The summed E-state index contributed by atoms with van der Waals surface area (Å²) in [5, 5.41) is 2.71. The van der Waals surface area contributed by atoms with Gasteiger partial charge in [0.05, 0.1) is 15.5 Å². The van der Waals surface area contributed by atoms with E-state index in [-0.39, 0.29) is 34.1 Å². The standard InChI is InChI=1S/C22H28N2O5S2/c1-18-11-12-20(31(28,29)24-14-6-3-7-15-24)17-21(18)22(25)23-13-8-16-30(26,27)19-9-4-2-5-10-19/h2,4-5,9-12,17H,3,6-8,13-16H2,1H3,(H,23,25). The molecular weight excluding hydrogens is 436 g/mol. The molecule has 3 rings (SSSR count). The Balaban J connectivity index is 1.63. The van der Waals surface area contributed by atoms with Gasteiger partial charge in [-0.2, -0.15) is 4.31 Å². The number of hydrogen-bond donors (Lipinski definition) is 1. The fraction of sp³-hybridized carbons (Fsp3) is 0.409. The van der Waals surface area contributed by atoms with Gasteiger partial charge in [-0.25, -0.2) is 16.8 Å². The molecular formula is C22H28N2O5S2. The summed E-state index contributed by atoms with van der Waals surface area (Å²) >= 11 is 0. The van der Waals surface area contributed by atoms with Crippen LogP contribution >= 0.6 is 0 Å². The molecule has 0 aliphatic carbocycles. The molecule has 2 aromatic carbocycles. The van der Waals surface area contributed by atoms with Crippen molar-refractivity contribution in [3.05, 3.63) is 59.7 Å². The number of nitrogens with zero attached hydrogens (tertiary/aromatic N) is 1. The molecule has 7 nitrogen and oxygen atoms in total. The number of rotatable bonds is 8. The molecule has 1 saturated heterocycles. The van der Waals surface area contributed by atoms with Gasteiger partial charge in [-0.3, -0.25) is 4.79 Å². The summed E-state index contributed by atoms with van der Waals surface area (Å²) in [6, 6.07) is 12.8. The highest BCUT2D eigenvalue weighted by atomic mass is 32.2. The van der Waals surface area contributed by atoms with Crippen molar-refractivity contribution in [3.63, 3.8) is 0 Å². The summed E-state index contributed by atoms with van der Waals surface area (Å²) in [5.74, 6) is -0.495. The summed E-state index contributed by atoms with van der Waals surface area (Å²) < 4.78 is 51.9. The molecule has 1 aliphatic heterocycles. The second kappa shape index (κ2) is 9.93. The van der Waals surface area contributed by atoms with E-state index in [1.54, 1.807) is 43.3 Å². The second-order valence-electron chi connectivity index (χ2n) is 7.68. The Hall–Kier alpha value is -2.23. The van der Waals surface area contributed by atoms with Gasteiger partial charge in [0, 0.05) is 25.2 Å². The van der Waals surface area contributed by atoms with Crippen LogP contribution in [0.2, 0.25) is 0 Å². The van der Waals surface area contributed by atoms with Crippen LogP contribution in [0.15, 0.2) is 58.3 Å². The largest absolute Gasteiger partial charge is 0.352 e. The Morgan fingerprint density at radius 2 is 1.61 bits per heavy atom. The maximum atomic E-state index is 12.9. The van der Waals surface area contributed by atoms with E-state index in [4.69, 9.17) is 0 Å². The monoisotopic (exact) mass is 464 g/mol. The normalized spacial score (nSPS) is 15.5. The number of nitrogens with one attached hydrogen (secondary N) is 1. The molecule has 9 heteroatoms. The van der Waals surface area contributed by atoms with Crippen LogP contribution in [0.25, 0.3) is 0 Å². The molecule has 0 radical (unpaired) electrons. The number of sulfone groups is 1. The molecule has 1 fully saturated rings. The number of amides is 1. The molecule has 0 aromatic heterocycles. The summed E-state index contributed by atoms with van der Waals surface area (Å²) in [5.41, 5.74) is 0.941. The molecule has 1 aliphatic rings. The minimum absolute atomic E-state index is 0.0837. The number of piperidine rings is 1. The van der Waals surface area contributed by atoms with E-state index in [2.05, 4.69) is 5.32 Å². The van der Waals surface area contributed by atoms with Crippen LogP contribution in [0, 0.1) is 6.92 Å². The van der Waals surface area contributed by atoms with Crippen LogP contribution in [-0.2, 0) is 19.9 Å². The van der Waals surface area contributed by atoms with Crippen LogP contribution in [0.5, 0.6) is 0 Å². The molecule has 1 heterocycles. The number of benzene rings is 2. The first-order chi connectivity index (χ1) is 14.7. The van der Waals surface area contributed by atoms with E-state index in [9.17, 15) is 21.6 Å². The number of carbonyl (C=O) groups excluding carboxylic acids is 1. The fourth-order valence-electron chi connectivity index (χ4n) is 3.57. The Labute approximate surface area is 184 Å². The summed E-state index contributed by atoms with van der Waals surface area (Å²) in [6.45, 7) is 2.90. The van der Waals surface area contributed by atoms with Gasteiger partial charge in [0.1, 0.15) is 0 Å². The van der Waals surface area contributed by atoms with Gasteiger partial charge in [-0.15, -0.1) is 0 Å². The Bertz CT molecular complexity index is 1120. The highest BCUT2D eigenvalue weighted by Gasteiger charge is 2.27. The quantitative estimate of drug-likeness (QED) is 0.606. The predicted molar refractivity (Wildman–Crippen MR) is 119 cm³/mol. The van der Waals surface area contributed by atoms with Crippen molar-refractivity contribution in [1.29, 1.82) is 0 Å². The molecule has 0 spiro atoms. The fourth-order valence-corrected chi connectivity index (χ4v) is 6.44. The van der Waals surface area contributed by atoms with Gasteiger partial charge < -0.3 is 5.32 Å². The van der Waals surface area contributed by atoms with Crippen LogP contribution < -0.4 is 5.32 Å². The minimum atomic E-state index is -3.64. The zero-order chi connectivity index (χ0) is 22.5. The molecule has 0 bridgehead atoms. The van der Waals surface area contributed by atoms with E-state index in [0.29, 0.717) is 18.7 Å². The van der Waals surface area contributed by atoms with Gasteiger partial charge in [-0.05, 0) is 56.0 Å². The van der Waals surface area contributed by atoms with Gasteiger partial charge >= 0.3 is 0 Å². The van der Waals surface area contributed by atoms with E-state index < -0.39 is 25.8 Å². The van der Waals surface area contributed by atoms with Crippen LogP contribution in [0.3, 0.4) is 0 Å². The average molecular weight is 465 g/mol. The number of sulfonamides is 1. The van der Waals surface area contributed by atoms with Gasteiger partial charge in [0.15, 0.2) is 9.84 Å². The van der Waals surface area contributed by atoms with E-state index in [0.717, 1.165) is 19.3 Å². The number of aryl methyl sites for hydroxylation is 1. The average Bonchev–Trinajstić information content (AvgIpc) is 2.78. The molecule has 168 valence electrons. The highest BCUT2D eigenvalue weighted by Crippen LogP contribution is 2.23. The first kappa shape index (κ1) is 23.4. The third-order valence-electron chi connectivity index (χ3n) is 5.38. The maximum absolute atomic E-state index is 12.9. The van der Waals surface area contributed by atoms with Crippen LogP contribution in [0.4, 0.5) is 0 Å². The van der Waals surface area contributed by atoms with Crippen molar-refractivity contribution in [2.45, 2.75) is 42.4 Å². The van der Waals surface area contributed by atoms with E-state index in [1.165, 1.54) is 16.4 Å². The lowest BCUT2D eigenvalue weighted by Gasteiger charge is -2.26. The lowest BCUT2D eigenvalue weighted by Crippen LogP contribution is -2.35. The van der Waals surface area contributed by atoms with Gasteiger partial charge in [-0.1, -0.05) is 30.7 Å². The lowest BCUT2D eigenvalue weighted by molar-refractivity contribution is 0.0953. The lowest BCUT2D eigenvalue weighted by atomic mass is 10.1.